The Bertz CT molecular complexity index is 597. The summed E-state index contributed by atoms with van der Waals surface area (Å²) in [6, 6.07) is 1.18. The molecule has 2 aromatic rings. The highest BCUT2D eigenvalue weighted by Crippen LogP contribution is 2.32. The molecule has 1 atom stereocenters. The molecule has 0 aromatic carbocycles. The van der Waals surface area contributed by atoms with Gasteiger partial charge in [0.25, 0.3) is 0 Å². The fourth-order valence-corrected chi connectivity index (χ4v) is 2.85. The van der Waals surface area contributed by atoms with Crippen molar-refractivity contribution >= 4 is 33.8 Å². The summed E-state index contributed by atoms with van der Waals surface area (Å²) in [5.41, 5.74) is 1.09. The number of hydrogen-bond donors (Lipinski definition) is 2. The van der Waals surface area contributed by atoms with Gasteiger partial charge in [0.1, 0.15) is 0 Å². The lowest BCUT2D eigenvalue weighted by molar-refractivity contribution is -0.138. The number of nitrogens with zero attached hydrogens (tertiary/aromatic N) is 2. The molecule has 0 bridgehead atoms. The van der Waals surface area contributed by atoms with Crippen molar-refractivity contribution < 1.29 is 18.0 Å². The topological polar surface area (TPSA) is 66.9 Å². The summed E-state index contributed by atoms with van der Waals surface area (Å²) in [6.07, 6.45) is -3.92. The summed E-state index contributed by atoms with van der Waals surface area (Å²) in [5, 5.41) is 13.8. The maximum atomic E-state index is 12.3. The van der Waals surface area contributed by atoms with E-state index in [4.69, 9.17) is 0 Å². The van der Waals surface area contributed by atoms with Gasteiger partial charge < -0.3 is 5.32 Å². The van der Waals surface area contributed by atoms with Crippen molar-refractivity contribution in [3.63, 3.8) is 0 Å². The van der Waals surface area contributed by atoms with Gasteiger partial charge in [0.15, 0.2) is 0 Å². The van der Waals surface area contributed by atoms with E-state index in [0.717, 1.165) is 5.56 Å². The van der Waals surface area contributed by atoms with E-state index < -0.39 is 17.2 Å². The Morgan fingerprint density at radius 1 is 1.43 bits per heavy atom. The van der Waals surface area contributed by atoms with E-state index in [2.05, 4.69) is 20.8 Å². The average molecular weight is 336 g/mol. The number of carbonyl (C=O) groups is 1. The zero-order valence-corrected chi connectivity index (χ0v) is 12.4. The van der Waals surface area contributed by atoms with Crippen LogP contribution >= 0.6 is 22.7 Å². The molecule has 2 heterocycles. The van der Waals surface area contributed by atoms with Gasteiger partial charge in [-0.3, -0.25) is 5.32 Å². The highest BCUT2D eigenvalue weighted by atomic mass is 32.1. The van der Waals surface area contributed by atoms with Gasteiger partial charge in [0, 0.05) is 6.04 Å². The van der Waals surface area contributed by atoms with Gasteiger partial charge in [0.2, 0.25) is 10.1 Å². The number of amides is 2. The monoisotopic (exact) mass is 336 g/mol. The van der Waals surface area contributed by atoms with Crippen molar-refractivity contribution in [3.8, 4) is 0 Å². The van der Waals surface area contributed by atoms with E-state index in [9.17, 15) is 18.0 Å². The first kappa shape index (κ1) is 15.7. The predicted octanol–water partition coefficient (Wildman–Crippen LogP) is 3.37. The number of thiophene rings is 1. The molecule has 2 N–H and O–H groups in total. The molecular formula is C11H11F3N4OS2. The molecule has 10 heteroatoms. The Morgan fingerprint density at radius 3 is 2.76 bits per heavy atom. The third kappa shape index (κ3) is 4.67. The third-order valence-electron chi connectivity index (χ3n) is 2.39. The van der Waals surface area contributed by atoms with Gasteiger partial charge >= 0.3 is 12.2 Å². The van der Waals surface area contributed by atoms with Crippen LogP contribution in [0.1, 0.15) is 17.5 Å². The summed E-state index contributed by atoms with van der Waals surface area (Å²) in [4.78, 5) is 11.6. The summed E-state index contributed by atoms with van der Waals surface area (Å²) >= 11 is 1.84. The van der Waals surface area contributed by atoms with E-state index in [-0.39, 0.29) is 22.5 Å². The molecule has 0 spiro atoms. The lowest BCUT2D eigenvalue weighted by Crippen LogP contribution is -2.37. The Hall–Kier alpha value is -1.68. The molecule has 0 fully saturated rings. The van der Waals surface area contributed by atoms with Crippen molar-refractivity contribution in [2.24, 2.45) is 0 Å². The van der Waals surface area contributed by atoms with E-state index in [1.54, 1.807) is 18.3 Å². The van der Waals surface area contributed by atoms with Gasteiger partial charge in [0.05, 0.1) is 0 Å². The van der Waals surface area contributed by atoms with E-state index in [1.807, 2.05) is 16.8 Å². The summed E-state index contributed by atoms with van der Waals surface area (Å²) < 4.78 is 37.0. The molecule has 21 heavy (non-hydrogen) atoms. The minimum absolute atomic E-state index is 0.158. The quantitative estimate of drug-likeness (QED) is 0.899. The molecule has 0 aliphatic heterocycles. The highest BCUT2D eigenvalue weighted by Gasteiger charge is 2.35. The van der Waals surface area contributed by atoms with E-state index in [1.165, 1.54) is 0 Å². The van der Waals surface area contributed by atoms with Crippen LogP contribution < -0.4 is 10.6 Å². The number of aromatic nitrogens is 2. The maximum Gasteiger partial charge on any atom is 0.445 e. The second kappa shape index (κ2) is 6.39. The lowest BCUT2D eigenvalue weighted by Gasteiger charge is -2.12. The molecule has 0 radical (unpaired) electrons. The molecule has 0 saturated carbocycles. The Balaban J connectivity index is 1.85. The van der Waals surface area contributed by atoms with Crippen molar-refractivity contribution in [1.29, 1.82) is 0 Å². The number of urea groups is 1. The van der Waals surface area contributed by atoms with Gasteiger partial charge in [-0.05, 0) is 35.7 Å². The minimum atomic E-state index is -4.56. The number of anilines is 1. The van der Waals surface area contributed by atoms with E-state index in [0.29, 0.717) is 6.42 Å². The second-order valence-electron chi connectivity index (χ2n) is 4.25. The molecule has 2 aromatic heterocycles. The third-order valence-corrected chi connectivity index (χ3v) is 4.00. The summed E-state index contributed by atoms with van der Waals surface area (Å²) in [5.74, 6) is 0. The Morgan fingerprint density at radius 2 is 2.19 bits per heavy atom. The molecule has 5 nitrogen and oxygen atoms in total. The van der Waals surface area contributed by atoms with Crippen LogP contribution in [0.3, 0.4) is 0 Å². The molecule has 0 saturated heterocycles. The number of nitrogens with one attached hydrogen (secondary N) is 2. The van der Waals surface area contributed by atoms with Crippen LogP contribution in [-0.4, -0.2) is 22.3 Å². The molecule has 0 aliphatic rings. The molecule has 1 unspecified atom stereocenters. The van der Waals surface area contributed by atoms with Gasteiger partial charge in [-0.1, -0.05) is 11.3 Å². The van der Waals surface area contributed by atoms with Crippen molar-refractivity contribution in [2.75, 3.05) is 5.32 Å². The highest BCUT2D eigenvalue weighted by molar-refractivity contribution is 7.15. The predicted molar refractivity (Wildman–Crippen MR) is 74.6 cm³/mol. The summed E-state index contributed by atoms with van der Waals surface area (Å²) in [6.45, 7) is 1.80. The molecule has 2 rings (SSSR count). The lowest BCUT2D eigenvalue weighted by atomic mass is 10.1. The first-order valence-corrected chi connectivity index (χ1v) is 7.60. The number of carbonyl (C=O) groups excluding carboxylic acids is 1. The SMILES string of the molecule is CC(Cc1ccsc1)NC(=O)Nc1nnc(C(F)(F)F)s1. The van der Waals surface area contributed by atoms with Gasteiger partial charge in [-0.2, -0.15) is 24.5 Å². The van der Waals surface area contributed by atoms with Crippen molar-refractivity contribution in [3.05, 3.63) is 27.4 Å². The summed E-state index contributed by atoms with van der Waals surface area (Å²) in [7, 11) is 0. The molecule has 2 amide bonds. The van der Waals surface area contributed by atoms with Crippen LogP contribution in [0.4, 0.5) is 23.1 Å². The fourth-order valence-electron chi connectivity index (χ4n) is 1.56. The van der Waals surface area contributed by atoms with Crippen LogP contribution in [-0.2, 0) is 12.6 Å². The van der Waals surface area contributed by atoms with Crippen molar-refractivity contribution in [1.82, 2.24) is 15.5 Å². The zero-order chi connectivity index (χ0) is 15.5. The minimum Gasteiger partial charge on any atom is -0.335 e. The fraction of sp³-hybridized carbons (Fsp3) is 0.364. The Kier molecular flexibility index (Phi) is 4.78. The smallest absolute Gasteiger partial charge is 0.335 e. The Labute approximate surface area is 126 Å². The van der Waals surface area contributed by atoms with Crippen molar-refractivity contribution in [2.45, 2.75) is 25.6 Å². The first-order chi connectivity index (χ1) is 9.84. The number of rotatable bonds is 4. The molecule has 114 valence electrons. The van der Waals surface area contributed by atoms with Gasteiger partial charge in [-0.15, -0.1) is 10.2 Å². The van der Waals surface area contributed by atoms with Crippen LogP contribution in [0.2, 0.25) is 0 Å². The molecule has 0 aliphatic carbocycles. The average Bonchev–Trinajstić information content (AvgIpc) is 2.98. The van der Waals surface area contributed by atoms with Crippen LogP contribution in [0.15, 0.2) is 16.8 Å². The maximum absolute atomic E-state index is 12.3. The standard InChI is InChI=1S/C11H11F3N4OS2/c1-6(4-7-2-3-20-5-7)15-9(19)16-10-18-17-8(21-10)11(12,13)14/h2-3,5-6H,4H2,1H3,(H2,15,16,18,19). The number of alkyl halides is 3. The zero-order valence-electron chi connectivity index (χ0n) is 10.8. The van der Waals surface area contributed by atoms with Gasteiger partial charge in [-0.25, -0.2) is 4.79 Å². The first-order valence-electron chi connectivity index (χ1n) is 5.84. The van der Waals surface area contributed by atoms with Crippen LogP contribution in [0.5, 0.6) is 0 Å². The van der Waals surface area contributed by atoms with E-state index >= 15 is 0 Å². The van der Waals surface area contributed by atoms with Crippen LogP contribution in [0.25, 0.3) is 0 Å². The second-order valence-corrected chi connectivity index (χ2v) is 6.00. The normalized spacial score (nSPS) is 13.0. The van der Waals surface area contributed by atoms with Crippen LogP contribution in [0, 0.1) is 0 Å². The molecular weight excluding hydrogens is 325 g/mol. The number of halogens is 3. The largest absolute Gasteiger partial charge is 0.445 e. The number of hydrogen-bond acceptors (Lipinski definition) is 5.